The second-order valence-electron chi connectivity index (χ2n) is 4.68. The molecule has 2 aromatic rings. The molecule has 114 valence electrons. The number of nitrogens with zero attached hydrogens (tertiary/aromatic N) is 2. The number of benzene rings is 1. The van der Waals surface area contributed by atoms with Gasteiger partial charge in [-0.05, 0) is 24.3 Å². The Morgan fingerprint density at radius 3 is 2.77 bits per heavy atom. The van der Waals surface area contributed by atoms with Gasteiger partial charge >= 0.3 is 6.03 Å². The maximum atomic E-state index is 12.9. The Morgan fingerprint density at radius 2 is 2.09 bits per heavy atom. The van der Waals surface area contributed by atoms with Crippen LogP contribution in [-0.4, -0.2) is 41.5 Å². The number of anilines is 1. The third-order valence-electron chi connectivity index (χ3n) is 3.19. The smallest absolute Gasteiger partial charge is 0.324 e. The molecule has 3 rings (SSSR count). The van der Waals surface area contributed by atoms with Crippen molar-refractivity contribution in [3.8, 4) is 11.3 Å². The van der Waals surface area contributed by atoms with E-state index in [0.717, 1.165) is 11.3 Å². The van der Waals surface area contributed by atoms with Crippen LogP contribution in [0.3, 0.4) is 0 Å². The second-order valence-corrected chi connectivity index (χ2v) is 5.53. The van der Waals surface area contributed by atoms with Gasteiger partial charge in [-0.2, -0.15) is 0 Å². The van der Waals surface area contributed by atoms with E-state index in [9.17, 15) is 14.0 Å². The van der Waals surface area contributed by atoms with Crippen molar-refractivity contribution < 1.29 is 14.0 Å². The highest BCUT2D eigenvalue weighted by atomic mass is 32.1. The van der Waals surface area contributed by atoms with E-state index in [1.165, 1.54) is 28.4 Å². The van der Waals surface area contributed by atoms with Gasteiger partial charge in [0.1, 0.15) is 5.82 Å². The van der Waals surface area contributed by atoms with E-state index < -0.39 is 0 Å². The van der Waals surface area contributed by atoms with Gasteiger partial charge in [-0.15, -0.1) is 11.3 Å². The predicted molar refractivity (Wildman–Crippen MR) is 81.1 cm³/mol. The molecule has 1 fully saturated rings. The summed E-state index contributed by atoms with van der Waals surface area (Å²) in [7, 11) is 0. The van der Waals surface area contributed by atoms with Crippen LogP contribution in [0, 0.1) is 5.82 Å². The van der Waals surface area contributed by atoms with Crippen molar-refractivity contribution in [3.63, 3.8) is 0 Å². The van der Waals surface area contributed by atoms with Crippen molar-refractivity contribution in [1.29, 1.82) is 0 Å². The number of nitrogens with one attached hydrogen (secondary N) is 2. The third-order valence-corrected chi connectivity index (χ3v) is 3.99. The Labute approximate surface area is 130 Å². The molecule has 1 saturated heterocycles. The number of carbonyl (C=O) groups excluding carboxylic acids is 2. The fourth-order valence-electron chi connectivity index (χ4n) is 2.06. The second kappa shape index (κ2) is 6.10. The minimum Gasteiger partial charge on any atom is -0.360 e. The molecule has 1 aromatic carbocycles. The van der Waals surface area contributed by atoms with Crippen LogP contribution >= 0.6 is 11.3 Å². The number of hydrogen-bond donors (Lipinski definition) is 2. The van der Waals surface area contributed by atoms with Crippen molar-refractivity contribution >= 4 is 28.4 Å². The molecule has 0 unspecified atom stereocenters. The fraction of sp³-hybridized carbons (Fsp3) is 0.214. The summed E-state index contributed by atoms with van der Waals surface area (Å²) in [6, 6.07) is 5.75. The van der Waals surface area contributed by atoms with E-state index >= 15 is 0 Å². The molecule has 0 spiro atoms. The zero-order valence-corrected chi connectivity index (χ0v) is 12.3. The van der Waals surface area contributed by atoms with Crippen molar-refractivity contribution in [2.45, 2.75) is 0 Å². The van der Waals surface area contributed by atoms with Gasteiger partial charge in [0.15, 0.2) is 5.13 Å². The topological polar surface area (TPSA) is 74.3 Å². The molecule has 1 aromatic heterocycles. The van der Waals surface area contributed by atoms with E-state index in [2.05, 4.69) is 15.6 Å². The van der Waals surface area contributed by atoms with Crippen LogP contribution in [0.2, 0.25) is 0 Å². The van der Waals surface area contributed by atoms with Crippen LogP contribution in [0.4, 0.5) is 14.3 Å². The lowest BCUT2D eigenvalue weighted by Gasteiger charge is -2.11. The summed E-state index contributed by atoms with van der Waals surface area (Å²) in [6.45, 7) is 0.774. The van der Waals surface area contributed by atoms with E-state index in [0.29, 0.717) is 11.7 Å². The van der Waals surface area contributed by atoms with Gasteiger partial charge in [-0.1, -0.05) is 0 Å². The molecule has 6 nitrogen and oxygen atoms in total. The highest BCUT2D eigenvalue weighted by Crippen LogP contribution is 2.24. The first-order valence-electron chi connectivity index (χ1n) is 6.67. The first-order valence-corrected chi connectivity index (χ1v) is 7.55. The van der Waals surface area contributed by atoms with Crippen molar-refractivity contribution in [1.82, 2.24) is 15.2 Å². The lowest BCUT2D eigenvalue weighted by molar-refractivity contribution is -0.124. The van der Waals surface area contributed by atoms with Gasteiger partial charge < -0.3 is 10.6 Å². The predicted octanol–water partition coefficient (Wildman–Crippen LogP) is 1.91. The van der Waals surface area contributed by atoms with Gasteiger partial charge in [-0.3, -0.25) is 9.69 Å². The number of carbonyl (C=O) groups is 2. The van der Waals surface area contributed by atoms with E-state index in [1.54, 1.807) is 12.1 Å². The number of imide groups is 1. The normalized spacial score (nSPS) is 14.3. The number of amides is 3. The maximum Gasteiger partial charge on any atom is 0.324 e. The molecule has 3 amide bonds. The van der Waals surface area contributed by atoms with Gasteiger partial charge in [0.2, 0.25) is 5.91 Å². The number of thiazole rings is 1. The van der Waals surface area contributed by atoms with Crippen LogP contribution in [0.15, 0.2) is 29.6 Å². The molecule has 0 radical (unpaired) electrons. The number of hydrogen-bond acceptors (Lipinski definition) is 5. The summed E-state index contributed by atoms with van der Waals surface area (Å²) >= 11 is 1.41. The minimum absolute atomic E-state index is 0.0603. The van der Waals surface area contributed by atoms with Gasteiger partial charge in [0.05, 0.1) is 12.2 Å². The highest BCUT2D eigenvalue weighted by Gasteiger charge is 2.27. The molecule has 2 N–H and O–H groups in total. The maximum absolute atomic E-state index is 12.9. The molecule has 8 heteroatoms. The van der Waals surface area contributed by atoms with Gasteiger partial charge in [-0.25, -0.2) is 14.2 Å². The minimum atomic E-state index is -0.363. The molecular weight excluding hydrogens is 307 g/mol. The van der Waals surface area contributed by atoms with Crippen LogP contribution < -0.4 is 10.6 Å². The number of urea groups is 1. The van der Waals surface area contributed by atoms with Gasteiger partial charge in [0, 0.05) is 24.0 Å². The Bertz CT molecular complexity index is 685. The Morgan fingerprint density at radius 1 is 1.32 bits per heavy atom. The average molecular weight is 320 g/mol. The molecule has 1 aliphatic rings. The quantitative estimate of drug-likeness (QED) is 0.825. The van der Waals surface area contributed by atoms with E-state index in [-0.39, 0.29) is 30.8 Å². The Balaban J connectivity index is 1.57. The van der Waals surface area contributed by atoms with E-state index in [4.69, 9.17) is 0 Å². The first-order chi connectivity index (χ1) is 10.6. The fourth-order valence-corrected chi connectivity index (χ4v) is 2.81. The third kappa shape index (κ3) is 3.06. The number of aromatic nitrogens is 1. The Kier molecular flexibility index (Phi) is 4.01. The van der Waals surface area contributed by atoms with Crippen LogP contribution in [0.25, 0.3) is 11.3 Å². The summed E-state index contributed by atoms with van der Waals surface area (Å²) in [4.78, 5) is 28.3. The lowest BCUT2D eigenvalue weighted by Crippen LogP contribution is -2.35. The summed E-state index contributed by atoms with van der Waals surface area (Å²) < 4.78 is 12.9. The molecule has 0 atom stereocenters. The summed E-state index contributed by atoms with van der Waals surface area (Å²) in [5, 5.41) is 8.09. The largest absolute Gasteiger partial charge is 0.360 e. The molecule has 2 heterocycles. The number of rotatable bonds is 5. The molecular formula is C14H13FN4O2S. The summed E-state index contributed by atoms with van der Waals surface area (Å²) in [5.74, 6) is -0.510. The molecule has 0 bridgehead atoms. The zero-order valence-electron chi connectivity index (χ0n) is 11.5. The van der Waals surface area contributed by atoms with Crippen molar-refractivity contribution in [2.24, 2.45) is 0 Å². The zero-order chi connectivity index (χ0) is 15.5. The highest BCUT2D eigenvalue weighted by molar-refractivity contribution is 7.14. The van der Waals surface area contributed by atoms with E-state index in [1.807, 2.05) is 5.38 Å². The molecule has 22 heavy (non-hydrogen) atoms. The summed E-state index contributed by atoms with van der Waals surface area (Å²) in [5.41, 5.74) is 1.59. The molecule has 0 saturated carbocycles. The average Bonchev–Trinajstić information content (AvgIpc) is 3.10. The first kappa shape index (κ1) is 14.5. The van der Waals surface area contributed by atoms with Crippen LogP contribution in [0.5, 0.6) is 0 Å². The SMILES string of the molecule is O=C1CNC(=O)N1CCNc1nc(-c2ccc(F)cc2)cs1. The molecule has 0 aliphatic carbocycles. The van der Waals surface area contributed by atoms with Crippen molar-refractivity contribution in [2.75, 3.05) is 25.0 Å². The number of halogens is 1. The molecule has 1 aliphatic heterocycles. The van der Waals surface area contributed by atoms with Gasteiger partial charge in [0.25, 0.3) is 0 Å². The standard InChI is InChI=1S/C14H13FN4O2S/c15-10-3-1-9(2-4-10)11-8-22-13(18-11)16-5-6-19-12(20)7-17-14(19)21/h1-4,8H,5-7H2,(H,16,18)(H,17,21). The van der Waals surface area contributed by atoms with Crippen LogP contribution in [-0.2, 0) is 4.79 Å². The lowest BCUT2D eigenvalue weighted by atomic mass is 10.2. The Hall–Kier alpha value is -2.48. The summed E-state index contributed by atoms with van der Waals surface area (Å²) in [6.07, 6.45) is 0. The van der Waals surface area contributed by atoms with Crippen molar-refractivity contribution in [3.05, 3.63) is 35.5 Å². The monoisotopic (exact) mass is 320 g/mol. The van der Waals surface area contributed by atoms with Crippen LogP contribution in [0.1, 0.15) is 0 Å².